The summed E-state index contributed by atoms with van der Waals surface area (Å²) in [5.41, 5.74) is 1.49. The van der Waals surface area contributed by atoms with Crippen molar-refractivity contribution in [2.24, 2.45) is 5.41 Å². The topological polar surface area (TPSA) is 49.3 Å². The fourth-order valence-corrected chi connectivity index (χ4v) is 3.00. The first kappa shape index (κ1) is 16.0. The Hall–Kier alpha value is -1.03. The summed E-state index contributed by atoms with van der Waals surface area (Å²) in [6.07, 6.45) is 0.965. The van der Waals surface area contributed by atoms with E-state index in [1.54, 1.807) is 18.2 Å². The van der Waals surface area contributed by atoms with Crippen LogP contribution in [0, 0.1) is 12.3 Å². The lowest BCUT2D eigenvalue weighted by atomic mass is 9.90. The van der Waals surface area contributed by atoms with Crippen molar-refractivity contribution in [3.8, 4) is 5.75 Å². The molecule has 0 aliphatic rings. The van der Waals surface area contributed by atoms with Crippen molar-refractivity contribution in [1.29, 1.82) is 0 Å². The normalized spacial score (nSPS) is 13.1. The molecule has 0 saturated carbocycles. The SMILES string of the molecule is Cc1ccc(O)c(C(=O)NCC(Br)CC(C)(C)C)c1. The van der Waals surface area contributed by atoms with Gasteiger partial charge in [-0.1, -0.05) is 48.3 Å². The maximum Gasteiger partial charge on any atom is 0.255 e. The number of carbonyl (C=O) groups excluding carboxylic acids is 1. The average Bonchev–Trinajstić information content (AvgIpc) is 2.27. The summed E-state index contributed by atoms with van der Waals surface area (Å²) in [6, 6.07) is 5.02. The van der Waals surface area contributed by atoms with Gasteiger partial charge in [-0.15, -0.1) is 0 Å². The monoisotopic (exact) mass is 327 g/mol. The van der Waals surface area contributed by atoms with Crippen molar-refractivity contribution in [2.45, 2.75) is 38.9 Å². The lowest BCUT2D eigenvalue weighted by Crippen LogP contribution is -2.31. The van der Waals surface area contributed by atoms with Crippen LogP contribution in [0.4, 0.5) is 0 Å². The zero-order valence-corrected chi connectivity index (χ0v) is 13.5. The van der Waals surface area contributed by atoms with E-state index in [1.807, 2.05) is 6.92 Å². The van der Waals surface area contributed by atoms with Crippen LogP contribution >= 0.6 is 15.9 Å². The molecule has 2 N–H and O–H groups in total. The maximum atomic E-state index is 12.0. The Bertz CT molecular complexity index is 452. The van der Waals surface area contributed by atoms with Crippen LogP contribution in [-0.2, 0) is 0 Å². The Balaban J connectivity index is 2.58. The highest BCUT2D eigenvalue weighted by molar-refractivity contribution is 9.09. The number of aryl methyl sites for hydroxylation is 1. The van der Waals surface area contributed by atoms with Gasteiger partial charge in [0.2, 0.25) is 0 Å². The number of benzene rings is 1. The first-order chi connectivity index (χ1) is 8.69. The molecule has 106 valence electrons. The quantitative estimate of drug-likeness (QED) is 0.829. The molecule has 0 bridgehead atoms. The van der Waals surface area contributed by atoms with E-state index < -0.39 is 0 Å². The van der Waals surface area contributed by atoms with Gasteiger partial charge in [0.1, 0.15) is 5.75 Å². The molecule has 0 radical (unpaired) electrons. The van der Waals surface area contributed by atoms with E-state index in [4.69, 9.17) is 0 Å². The number of phenols is 1. The molecule has 1 amide bonds. The summed E-state index contributed by atoms with van der Waals surface area (Å²) in [4.78, 5) is 12.2. The van der Waals surface area contributed by atoms with Crippen LogP contribution < -0.4 is 5.32 Å². The summed E-state index contributed by atoms with van der Waals surface area (Å²) in [6.45, 7) is 8.92. The Morgan fingerprint density at radius 3 is 2.63 bits per heavy atom. The van der Waals surface area contributed by atoms with Crippen LogP contribution in [0.3, 0.4) is 0 Å². The lowest BCUT2D eigenvalue weighted by molar-refractivity contribution is 0.0949. The van der Waals surface area contributed by atoms with Crippen molar-refractivity contribution in [3.05, 3.63) is 29.3 Å². The van der Waals surface area contributed by atoms with Crippen molar-refractivity contribution in [3.63, 3.8) is 0 Å². The number of aromatic hydroxyl groups is 1. The minimum atomic E-state index is -0.237. The van der Waals surface area contributed by atoms with E-state index in [1.165, 1.54) is 0 Å². The fraction of sp³-hybridized carbons (Fsp3) is 0.533. The van der Waals surface area contributed by atoms with Gasteiger partial charge in [0.15, 0.2) is 0 Å². The van der Waals surface area contributed by atoms with Gasteiger partial charge in [-0.3, -0.25) is 4.79 Å². The predicted octanol–water partition coefficient (Wildman–Crippen LogP) is 3.63. The minimum Gasteiger partial charge on any atom is -0.507 e. The van der Waals surface area contributed by atoms with E-state index in [2.05, 4.69) is 42.0 Å². The molecule has 1 rings (SSSR count). The second-order valence-electron chi connectivity index (χ2n) is 6.09. The fourth-order valence-electron chi connectivity index (χ4n) is 1.87. The van der Waals surface area contributed by atoms with Crippen LogP contribution in [0.2, 0.25) is 0 Å². The number of hydrogen-bond donors (Lipinski definition) is 2. The smallest absolute Gasteiger partial charge is 0.255 e. The zero-order valence-electron chi connectivity index (χ0n) is 12.0. The molecular formula is C15H22BrNO2. The number of amides is 1. The largest absolute Gasteiger partial charge is 0.507 e. The van der Waals surface area contributed by atoms with Gasteiger partial charge in [0.05, 0.1) is 5.56 Å². The molecule has 0 saturated heterocycles. The van der Waals surface area contributed by atoms with Gasteiger partial charge in [-0.05, 0) is 30.9 Å². The first-order valence-electron chi connectivity index (χ1n) is 6.41. The second-order valence-corrected chi connectivity index (χ2v) is 7.39. The van der Waals surface area contributed by atoms with E-state index in [-0.39, 0.29) is 21.9 Å². The highest BCUT2D eigenvalue weighted by Crippen LogP contribution is 2.24. The van der Waals surface area contributed by atoms with Crippen LogP contribution in [0.25, 0.3) is 0 Å². The van der Waals surface area contributed by atoms with Crippen molar-refractivity contribution in [1.82, 2.24) is 5.32 Å². The highest BCUT2D eigenvalue weighted by Gasteiger charge is 2.18. The third-order valence-electron chi connectivity index (χ3n) is 2.71. The van der Waals surface area contributed by atoms with Gasteiger partial charge in [0, 0.05) is 11.4 Å². The van der Waals surface area contributed by atoms with E-state index in [0.717, 1.165) is 12.0 Å². The number of hydrogen-bond acceptors (Lipinski definition) is 2. The molecular weight excluding hydrogens is 306 g/mol. The highest BCUT2D eigenvalue weighted by atomic mass is 79.9. The molecule has 0 aliphatic heterocycles. The Morgan fingerprint density at radius 2 is 2.05 bits per heavy atom. The van der Waals surface area contributed by atoms with E-state index in [0.29, 0.717) is 12.1 Å². The van der Waals surface area contributed by atoms with Crippen molar-refractivity contribution >= 4 is 21.8 Å². The Morgan fingerprint density at radius 1 is 1.42 bits per heavy atom. The summed E-state index contributed by atoms with van der Waals surface area (Å²) in [5, 5.41) is 12.5. The molecule has 1 unspecified atom stereocenters. The van der Waals surface area contributed by atoms with Gasteiger partial charge < -0.3 is 10.4 Å². The first-order valence-corrected chi connectivity index (χ1v) is 7.32. The summed E-state index contributed by atoms with van der Waals surface area (Å²) in [7, 11) is 0. The molecule has 0 fully saturated rings. The Labute approximate surface area is 123 Å². The number of alkyl halides is 1. The lowest BCUT2D eigenvalue weighted by Gasteiger charge is -2.22. The van der Waals surface area contributed by atoms with E-state index >= 15 is 0 Å². The molecule has 4 heteroatoms. The summed E-state index contributed by atoms with van der Waals surface area (Å²) >= 11 is 3.57. The van der Waals surface area contributed by atoms with E-state index in [9.17, 15) is 9.90 Å². The maximum absolute atomic E-state index is 12.0. The third kappa shape index (κ3) is 5.64. The Kier molecular flexibility index (Phi) is 5.41. The standard InChI is InChI=1S/C15H22BrNO2/c1-10-5-6-13(18)12(7-10)14(19)17-9-11(16)8-15(2,3)4/h5-7,11,18H,8-9H2,1-4H3,(H,17,19). The van der Waals surface area contributed by atoms with Crippen LogP contribution in [0.5, 0.6) is 5.75 Å². The molecule has 1 aromatic rings. The molecule has 0 aromatic heterocycles. The predicted molar refractivity (Wildman–Crippen MR) is 82.0 cm³/mol. The average molecular weight is 328 g/mol. The summed E-state index contributed by atoms with van der Waals surface area (Å²) in [5.74, 6) is -0.218. The number of nitrogens with one attached hydrogen (secondary N) is 1. The van der Waals surface area contributed by atoms with Crippen LogP contribution in [0.15, 0.2) is 18.2 Å². The molecule has 0 spiro atoms. The van der Waals surface area contributed by atoms with Gasteiger partial charge in [-0.25, -0.2) is 0 Å². The zero-order chi connectivity index (χ0) is 14.6. The van der Waals surface area contributed by atoms with Gasteiger partial charge in [0.25, 0.3) is 5.91 Å². The number of halogens is 1. The van der Waals surface area contributed by atoms with Crippen molar-refractivity contribution in [2.75, 3.05) is 6.54 Å². The molecule has 0 heterocycles. The molecule has 19 heavy (non-hydrogen) atoms. The minimum absolute atomic E-state index is 0.0186. The number of rotatable bonds is 4. The molecule has 1 aromatic carbocycles. The van der Waals surface area contributed by atoms with Crippen LogP contribution in [0.1, 0.15) is 43.1 Å². The number of carbonyl (C=O) groups is 1. The molecule has 3 nitrogen and oxygen atoms in total. The molecule has 1 atom stereocenters. The summed E-state index contributed by atoms with van der Waals surface area (Å²) < 4.78 is 0. The second kappa shape index (κ2) is 6.42. The van der Waals surface area contributed by atoms with Gasteiger partial charge >= 0.3 is 0 Å². The van der Waals surface area contributed by atoms with Gasteiger partial charge in [-0.2, -0.15) is 0 Å². The van der Waals surface area contributed by atoms with Crippen molar-refractivity contribution < 1.29 is 9.90 Å². The number of phenolic OH excluding ortho intramolecular Hbond substituents is 1. The van der Waals surface area contributed by atoms with Crippen LogP contribution in [-0.4, -0.2) is 22.4 Å². The third-order valence-corrected chi connectivity index (χ3v) is 3.36. The molecule has 0 aliphatic carbocycles.